The molecule has 5 aliphatic heterocycles. The number of piperidine rings is 3. The van der Waals surface area contributed by atoms with E-state index in [9.17, 15) is 0 Å². The number of ether oxygens (including phenoxy) is 1. The first-order valence-corrected chi connectivity index (χ1v) is 8.49. The van der Waals surface area contributed by atoms with Gasteiger partial charge in [-0.25, -0.2) is 0 Å². The van der Waals surface area contributed by atoms with Gasteiger partial charge < -0.3 is 9.72 Å². The van der Waals surface area contributed by atoms with E-state index in [0.29, 0.717) is 18.0 Å². The Balaban J connectivity index is 1.63. The summed E-state index contributed by atoms with van der Waals surface area (Å²) in [6.07, 6.45) is 3.88. The second-order valence-corrected chi connectivity index (χ2v) is 7.30. The molecule has 3 heteroatoms. The lowest BCUT2D eigenvalue weighted by Gasteiger charge is -2.56. The van der Waals surface area contributed by atoms with Crippen molar-refractivity contribution < 1.29 is 4.74 Å². The van der Waals surface area contributed by atoms with Crippen molar-refractivity contribution in [3.8, 4) is 0 Å². The monoisotopic (exact) mass is 292 g/mol. The zero-order valence-electron chi connectivity index (χ0n) is 12.8. The van der Waals surface area contributed by atoms with Gasteiger partial charge in [0.15, 0.2) is 0 Å². The van der Waals surface area contributed by atoms with E-state index >= 15 is 0 Å². The first kappa shape index (κ1) is 11.9. The zero-order valence-corrected chi connectivity index (χ0v) is 12.8. The van der Waals surface area contributed by atoms with E-state index in [1.54, 1.807) is 5.57 Å². The Bertz CT molecular complexity index is 820. The molecule has 3 nitrogen and oxygen atoms in total. The molecule has 4 bridgehead atoms. The summed E-state index contributed by atoms with van der Waals surface area (Å²) in [5, 5.41) is 1.38. The maximum Gasteiger partial charge on any atom is 0.101 e. The Labute approximate surface area is 129 Å². The molecule has 0 aliphatic carbocycles. The molecular formula is C19H20N2O. The van der Waals surface area contributed by atoms with Crippen molar-refractivity contribution in [1.82, 2.24) is 9.88 Å². The van der Waals surface area contributed by atoms with Crippen LogP contribution in [0.3, 0.4) is 0 Å². The minimum Gasteiger partial charge on any atom is -0.371 e. The van der Waals surface area contributed by atoms with Crippen molar-refractivity contribution in [2.45, 2.75) is 31.5 Å². The molecule has 0 radical (unpaired) electrons. The van der Waals surface area contributed by atoms with Crippen molar-refractivity contribution in [2.75, 3.05) is 13.2 Å². The summed E-state index contributed by atoms with van der Waals surface area (Å²) in [5.74, 6) is 1.43. The molecule has 1 aromatic heterocycles. The molecule has 4 saturated heterocycles. The Morgan fingerprint density at radius 1 is 1.32 bits per heavy atom. The Morgan fingerprint density at radius 2 is 2.23 bits per heavy atom. The molecule has 1 N–H and O–H groups in total. The SMILES string of the molecule is C/C=C1\CN2[C@@H]3[C@@H]4CO[C@@H]3c3c([nH]c5ccccc35)[C@@H]2C[C@@H]14. The van der Waals surface area contributed by atoms with Crippen LogP contribution in [0.25, 0.3) is 10.9 Å². The van der Waals surface area contributed by atoms with Crippen LogP contribution in [0.4, 0.5) is 0 Å². The molecule has 1 aromatic carbocycles. The van der Waals surface area contributed by atoms with Crippen LogP contribution in [0.1, 0.15) is 36.7 Å². The van der Waals surface area contributed by atoms with Gasteiger partial charge in [-0.15, -0.1) is 0 Å². The number of H-pyrrole nitrogens is 1. The molecule has 0 amide bonds. The van der Waals surface area contributed by atoms with Gasteiger partial charge in [0.1, 0.15) is 6.10 Å². The highest BCUT2D eigenvalue weighted by Crippen LogP contribution is 2.60. The molecule has 1 unspecified atom stereocenters. The number of hydrogen-bond donors (Lipinski definition) is 1. The van der Waals surface area contributed by atoms with E-state index in [0.717, 1.165) is 19.1 Å². The molecule has 6 atom stereocenters. The third-order valence-electron chi connectivity index (χ3n) is 6.60. The normalized spacial score (nSPS) is 43.0. The summed E-state index contributed by atoms with van der Waals surface area (Å²) in [6.45, 7) is 4.27. The minimum atomic E-state index is 0.272. The lowest BCUT2D eigenvalue weighted by atomic mass is 9.64. The second kappa shape index (κ2) is 3.84. The standard InChI is InChI=1S/C19H20N2O/c1-2-10-8-21-15-7-12(10)13-9-22-19(18(13)21)16-11-5-3-4-6-14(11)20-17(15)16/h2-6,12-13,15,18-20H,7-9H2,1H3/b10-2+/t12-,13+,15-,18+,19+/m0/s1. The van der Waals surface area contributed by atoms with Crippen molar-refractivity contribution in [2.24, 2.45) is 11.8 Å². The number of para-hydroxylation sites is 1. The number of rotatable bonds is 0. The Morgan fingerprint density at radius 3 is 3.14 bits per heavy atom. The van der Waals surface area contributed by atoms with E-state index in [-0.39, 0.29) is 6.10 Å². The molecule has 112 valence electrons. The number of hydrogen-bond acceptors (Lipinski definition) is 2. The summed E-state index contributed by atoms with van der Waals surface area (Å²) >= 11 is 0. The van der Waals surface area contributed by atoms with Gasteiger partial charge in [0.05, 0.1) is 12.6 Å². The van der Waals surface area contributed by atoms with Crippen LogP contribution in [0, 0.1) is 11.8 Å². The lowest BCUT2D eigenvalue weighted by Crippen LogP contribution is -2.59. The van der Waals surface area contributed by atoms with E-state index in [1.807, 2.05) is 0 Å². The van der Waals surface area contributed by atoms with Gasteiger partial charge in [-0.3, -0.25) is 4.90 Å². The average Bonchev–Trinajstić information content (AvgIpc) is 3.17. The fourth-order valence-corrected chi connectivity index (χ4v) is 5.74. The van der Waals surface area contributed by atoms with Gasteiger partial charge >= 0.3 is 0 Å². The van der Waals surface area contributed by atoms with Crippen molar-refractivity contribution in [3.05, 3.63) is 47.2 Å². The van der Waals surface area contributed by atoms with Gasteiger partial charge in [-0.05, 0) is 25.3 Å². The van der Waals surface area contributed by atoms with Gasteiger partial charge in [-0.1, -0.05) is 29.8 Å². The van der Waals surface area contributed by atoms with Crippen molar-refractivity contribution in [3.63, 3.8) is 0 Å². The molecule has 22 heavy (non-hydrogen) atoms. The van der Waals surface area contributed by atoms with Crippen LogP contribution < -0.4 is 0 Å². The first-order valence-electron chi connectivity index (χ1n) is 8.49. The summed E-state index contributed by atoms with van der Waals surface area (Å²) in [6, 6.07) is 9.90. The molecule has 2 aromatic rings. The van der Waals surface area contributed by atoms with Crippen LogP contribution in [0.5, 0.6) is 0 Å². The zero-order chi connectivity index (χ0) is 14.4. The molecular weight excluding hydrogens is 272 g/mol. The molecule has 0 spiro atoms. The maximum absolute atomic E-state index is 6.36. The average molecular weight is 292 g/mol. The van der Waals surface area contributed by atoms with E-state index in [2.05, 4.69) is 47.1 Å². The summed E-state index contributed by atoms with van der Waals surface area (Å²) in [5.41, 5.74) is 5.81. The number of benzene rings is 1. The summed E-state index contributed by atoms with van der Waals surface area (Å²) in [7, 11) is 0. The number of nitrogens with zero attached hydrogens (tertiary/aromatic N) is 1. The summed E-state index contributed by atoms with van der Waals surface area (Å²) in [4.78, 5) is 6.46. The Hall–Kier alpha value is -1.58. The van der Waals surface area contributed by atoms with Crippen LogP contribution in [0.15, 0.2) is 35.9 Å². The minimum absolute atomic E-state index is 0.272. The fraction of sp³-hybridized carbons (Fsp3) is 0.474. The highest BCUT2D eigenvalue weighted by Gasteiger charge is 2.59. The largest absolute Gasteiger partial charge is 0.371 e. The van der Waals surface area contributed by atoms with Crippen molar-refractivity contribution in [1.29, 1.82) is 0 Å². The van der Waals surface area contributed by atoms with Gasteiger partial charge in [0.2, 0.25) is 0 Å². The highest BCUT2D eigenvalue weighted by molar-refractivity contribution is 5.86. The molecule has 5 aliphatic rings. The quantitative estimate of drug-likeness (QED) is 0.752. The van der Waals surface area contributed by atoms with Crippen LogP contribution in [-0.4, -0.2) is 29.1 Å². The number of nitrogens with one attached hydrogen (secondary N) is 1. The number of aromatic nitrogens is 1. The summed E-state index contributed by atoms with van der Waals surface area (Å²) < 4.78 is 6.36. The maximum atomic E-state index is 6.36. The highest BCUT2D eigenvalue weighted by atomic mass is 16.5. The fourth-order valence-electron chi connectivity index (χ4n) is 5.74. The van der Waals surface area contributed by atoms with Gasteiger partial charge in [-0.2, -0.15) is 0 Å². The van der Waals surface area contributed by atoms with Crippen LogP contribution in [-0.2, 0) is 4.74 Å². The van der Waals surface area contributed by atoms with Gasteiger partial charge in [0, 0.05) is 40.7 Å². The predicted molar refractivity (Wildman–Crippen MR) is 85.6 cm³/mol. The smallest absolute Gasteiger partial charge is 0.101 e. The van der Waals surface area contributed by atoms with E-state index in [4.69, 9.17) is 4.74 Å². The third-order valence-corrected chi connectivity index (χ3v) is 6.60. The first-order chi connectivity index (χ1) is 10.9. The van der Waals surface area contributed by atoms with E-state index < -0.39 is 0 Å². The van der Waals surface area contributed by atoms with Crippen LogP contribution >= 0.6 is 0 Å². The Kier molecular flexibility index (Phi) is 2.08. The third kappa shape index (κ3) is 1.19. The van der Waals surface area contributed by atoms with E-state index in [1.165, 1.54) is 28.6 Å². The van der Waals surface area contributed by atoms with Crippen LogP contribution in [0.2, 0.25) is 0 Å². The number of fused-ring (bicyclic) bond motifs is 5. The number of aromatic amines is 1. The number of allylic oxidation sites excluding steroid dienone is 1. The van der Waals surface area contributed by atoms with Crippen molar-refractivity contribution >= 4 is 10.9 Å². The topological polar surface area (TPSA) is 28.3 Å². The second-order valence-electron chi connectivity index (χ2n) is 7.30. The molecule has 7 rings (SSSR count). The molecule has 0 saturated carbocycles. The molecule has 4 fully saturated rings. The van der Waals surface area contributed by atoms with Gasteiger partial charge in [0.25, 0.3) is 0 Å². The lowest BCUT2D eigenvalue weighted by molar-refractivity contribution is -0.0332. The predicted octanol–water partition coefficient (Wildman–Crippen LogP) is 3.56. The molecule has 6 heterocycles.